The lowest BCUT2D eigenvalue weighted by Crippen LogP contribution is -2.09. The van der Waals surface area contributed by atoms with Gasteiger partial charge in [-0.2, -0.15) is 0 Å². The maximum absolute atomic E-state index is 13.8. The highest BCUT2D eigenvalue weighted by Crippen LogP contribution is 2.23. The summed E-state index contributed by atoms with van der Waals surface area (Å²) in [6.07, 6.45) is 0. The second-order valence-electron chi connectivity index (χ2n) is 4.37. The summed E-state index contributed by atoms with van der Waals surface area (Å²) < 4.78 is 27.6. The molecule has 0 atom stereocenters. The lowest BCUT2D eigenvalue weighted by molar-refractivity contribution is 0.103. The third kappa shape index (κ3) is 2.73. The summed E-state index contributed by atoms with van der Waals surface area (Å²) in [4.78, 5) is 12.4. The van der Waals surface area contributed by atoms with Crippen LogP contribution < -0.4 is 0 Å². The first-order chi connectivity index (χ1) is 8.90. The summed E-state index contributed by atoms with van der Waals surface area (Å²) >= 11 is 3.14. The van der Waals surface area contributed by atoms with E-state index in [4.69, 9.17) is 0 Å². The molecule has 0 heterocycles. The zero-order valence-electron chi connectivity index (χ0n) is 10.4. The average Bonchev–Trinajstić information content (AvgIpc) is 2.26. The number of aryl methyl sites for hydroxylation is 2. The molecule has 0 saturated carbocycles. The standard InChI is InChI=1S/C15H11BrF2O/c1-8-5-11(17)6-9(2)14(8)15(19)12-4-3-10(16)7-13(12)18/h3-7H,1-2H3. The van der Waals surface area contributed by atoms with Gasteiger partial charge in [0.2, 0.25) is 0 Å². The molecule has 1 nitrogen and oxygen atoms in total. The molecule has 0 bridgehead atoms. The first-order valence-electron chi connectivity index (χ1n) is 5.66. The third-order valence-electron chi connectivity index (χ3n) is 2.90. The van der Waals surface area contributed by atoms with Crippen molar-refractivity contribution in [2.75, 3.05) is 0 Å². The number of halogens is 3. The fourth-order valence-electron chi connectivity index (χ4n) is 2.08. The molecule has 4 heteroatoms. The molecule has 0 fully saturated rings. The van der Waals surface area contributed by atoms with Crippen LogP contribution in [0.5, 0.6) is 0 Å². The minimum absolute atomic E-state index is 0.0130. The minimum Gasteiger partial charge on any atom is -0.288 e. The Hall–Kier alpha value is -1.55. The molecule has 2 aromatic rings. The van der Waals surface area contributed by atoms with Gasteiger partial charge in [-0.05, 0) is 55.3 Å². The van der Waals surface area contributed by atoms with E-state index >= 15 is 0 Å². The molecular weight excluding hydrogens is 314 g/mol. The van der Waals surface area contributed by atoms with Gasteiger partial charge in [0.25, 0.3) is 0 Å². The van der Waals surface area contributed by atoms with Gasteiger partial charge in [-0.15, -0.1) is 0 Å². The van der Waals surface area contributed by atoms with E-state index in [-0.39, 0.29) is 5.56 Å². The predicted octanol–water partition coefficient (Wildman–Crippen LogP) is 4.58. The Labute approximate surface area is 118 Å². The Bertz CT molecular complexity index is 642. The molecule has 2 aromatic carbocycles. The van der Waals surface area contributed by atoms with E-state index in [2.05, 4.69) is 15.9 Å². The van der Waals surface area contributed by atoms with E-state index in [1.165, 1.54) is 24.3 Å². The monoisotopic (exact) mass is 324 g/mol. The van der Waals surface area contributed by atoms with Crippen LogP contribution in [0.1, 0.15) is 27.0 Å². The number of carbonyl (C=O) groups is 1. The number of benzene rings is 2. The van der Waals surface area contributed by atoms with Crippen LogP contribution in [0.4, 0.5) is 8.78 Å². The van der Waals surface area contributed by atoms with Gasteiger partial charge < -0.3 is 0 Å². The molecule has 0 N–H and O–H groups in total. The van der Waals surface area contributed by atoms with Crippen molar-refractivity contribution in [3.63, 3.8) is 0 Å². The first-order valence-corrected chi connectivity index (χ1v) is 6.46. The SMILES string of the molecule is Cc1cc(F)cc(C)c1C(=O)c1ccc(Br)cc1F. The van der Waals surface area contributed by atoms with Gasteiger partial charge in [0.15, 0.2) is 5.78 Å². The summed E-state index contributed by atoms with van der Waals surface area (Å²) in [6.45, 7) is 3.28. The van der Waals surface area contributed by atoms with E-state index in [0.29, 0.717) is 21.2 Å². The van der Waals surface area contributed by atoms with E-state index in [0.717, 1.165) is 0 Å². The van der Waals surface area contributed by atoms with Crippen LogP contribution in [0.3, 0.4) is 0 Å². The van der Waals surface area contributed by atoms with Gasteiger partial charge in [-0.1, -0.05) is 15.9 Å². The molecule has 0 spiro atoms. The van der Waals surface area contributed by atoms with Crippen LogP contribution in [0.25, 0.3) is 0 Å². The van der Waals surface area contributed by atoms with Crippen LogP contribution in [0.2, 0.25) is 0 Å². The van der Waals surface area contributed by atoms with Crippen molar-refractivity contribution in [2.45, 2.75) is 13.8 Å². The lowest BCUT2D eigenvalue weighted by Gasteiger charge is -2.10. The highest BCUT2D eigenvalue weighted by atomic mass is 79.9. The summed E-state index contributed by atoms with van der Waals surface area (Å²) in [5.74, 6) is -1.43. The number of ketones is 1. The lowest BCUT2D eigenvalue weighted by atomic mass is 9.94. The van der Waals surface area contributed by atoms with Gasteiger partial charge >= 0.3 is 0 Å². The number of rotatable bonds is 2. The molecule has 0 saturated heterocycles. The molecule has 2 rings (SSSR count). The predicted molar refractivity (Wildman–Crippen MR) is 73.4 cm³/mol. The minimum atomic E-state index is -0.595. The molecule has 0 radical (unpaired) electrons. The van der Waals surface area contributed by atoms with Crippen molar-refractivity contribution >= 4 is 21.7 Å². The summed E-state index contributed by atoms with van der Waals surface area (Å²) in [7, 11) is 0. The molecule has 0 aliphatic rings. The van der Waals surface area contributed by atoms with E-state index < -0.39 is 17.4 Å². The highest BCUT2D eigenvalue weighted by molar-refractivity contribution is 9.10. The van der Waals surface area contributed by atoms with E-state index in [1.54, 1.807) is 19.9 Å². The van der Waals surface area contributed by atoms with Crippen molar-refractivity contribution in [2.24, 2.45) is 0 Å². The molecule has 0 aliphatic carbocycles. The Kier molecular flexibility index (Phi) is 3.80. The molecule has 19 heavy (non-hydrogen) atoms. The third-order valence-corrected chi connectivity index (χ3v) is 3.39. The van der Waals surface area contributed by atoms with E-state index in [1.807, 2.05) is 0 Å². The highest BCUT2D eigenvalue weighted by Gasteiger charge is 2.18. The Morgan fingerprint density at radius 1 is 1.05 bits per heavy atom. The van der Waals surface area contributed by atoms with Crippen molar-refractivity contribution in [3.05, 3.63) is 68.7 Å². The Morgan fingerprint density at radius 3 is 2.16 bits per heavy atom. The normalized spacial score (nSPS) is 10.6. The zero-order valence-corrected chi connectivity index (χ0v) is 12.0. The van der Waals surface area contributed by atoms with Crippen molar-refractivity contribution < 1.29 is 13.6 Å². The maximum atomic E-state index is 13.8. The zero-order chi connectivity index (χ0) is 14.2. The number of carbonyl (C=O) groups excluding carboxylic acids is 1. The smallest absolute Gasteiger partial charge is 0.196 e. The number of hydrogen-bond acceptors (Lipinski definition) is 1. The van der Waals surface area contributed by atoms with Crippen LogP contribution in [0.15, 0.2) is 34.8 Å². The van der Waals surface area contributed by atoms with Crippen molar-refractivity contribution in [1.29, 1.82) is 0 Å². The van der Waals surface area contributed by atoms with Crippen molar-refractivity contribution in [3.8, 4) is 0 Å². The summed E-state index contributed by atoms with van der Waals surface area (Å²) in [6, 6.07) is 6.81. The quantitative estimate of drug-likeness (QED) is 0.739. The van der Waals surface area contributed by atoms with Crippen LogP contribution in [-0.2, 0) is 0 Å². The Balaban J connectivity index is 2.56. The maximum Gasteiger partial charge on any atom is 0.196 e. The van der Waals surface area contributed by atoms with Crippen LogP contribution in [-0.4, -0.2) is 5.78 Å². The average molecular weight is 325 g/mol. The molecular formula is C15H11BrF2O. The van der Waals surface area contributed by atoms with Gasteiger partial charge in [0.1, 0.15) is 11.6 Å². The van der Waals surface area contributed by atoms with Crippen LogP contribution >= 0.6 is 15.9 Å². The molecule has 0 amide bonds. The second kappa shape index (κ2) is 5.21. The topological polar surface area (TPSA) is 17.1 Å². The summed E-state index contributed by atoms with van der Waals surface area (Å²) in [5, 5.41) is 0. The summed E-state index contributed by atoms with van der Waals surface area (Å²) in [5.41, 5.74) is 1.35. The van der Waals surface area contributed by atoms with Crippen molar-refractivity contribution in [1.82, 2.24) is 0 Å². The molecule has 0 unspecified atom stereocenters. The largest absolute Gasteiger partial charge is 0.288 e. The van der Waals surface area contributed by atoms with Gasteiger partial charge in [0.05, 0.1) is 5.56 Å². The number of hydrogen-bond donors (Lipinski definition) is 0. The van der Waals surface area contributed by atoms with Gasteiger partial charge in [0, 0.05) is 10.0 Å². The first kappa shape index (κ1) is 13.9. The molecule has 98 valence electrons. The van der Waals surface area contributed by atoms with Crippen LogP contribution in [0, 0.1) is 25.5 Å². The second-order valence-corrected chi connectivity index (χ2v) is 5.28. The fraction of sp³-hybridized carbons (Fsp3) is 0.133. The fourth-order valence-corrected chi connectivity index (χ4v) is 2.41. The van der Waals surface area contributed by atoms with Gasteiger partial charge in [-0.25, -0.2) is 8.78 Å². The Morgan fingerprint density at radius 2 is 1.63 bits per heavy atom. The molecule has 0 aromatic heterocycles. The molecule has 0 aliphatic heterocycles. The van der Waals surface area contributed by atoms with Gasteiger partial charge in [-0.3, -0.25) is 4.79 Å². The van der Waals surface area contributed by atoms with E-state index in [9.17, 15) is 13.6 Å².